The van der Waals surface area contributed by atoms with Gasteiger partial charge in [0.1, 0.15) is 5.75 Å². The Labute approximate surface area is 206 Å². The molecule has 6 heteroatoms. The average Bonchev–Trinajstić information content (AvgIpc) is 2.76. The van der Waals surface area contributed by atoms with Gasteiger partial charge in [0.05, 0.1) is 7.11 Å². The SMILES string of the molecule is COc1ccc2ccccc2c1CN1CCN(C/C=C/c2ccc(Br)cc2)CC1.Cl.Cl. The van der Waals surface area contributed by atoms with Gasteiger partial charge in [-0.15, -0.1) is 24.8 Å². The number of fused-ring (bicyclic) bond motifs is 1. The molecule has 0 radical (unpaired) electrons. The molecular weight excluding hydrogens is 495 g/mol. The van der Waals surface area contributed by atoms with Crippen LogP contribution in [0.15, 0.2) is 71.2 Å². The zero-order valence-electron chi connectivity index (χ0n) is 17.7. The molecule has 0 amide bonds. The molecule has 0 aliphatic carbocycles. The van der Waals surface area contributed by atoms with Gasteiger partial charge < -0.3 is 4.74 Å². The molecule has 0 N–H and O–H groups in total. The van der Waals surface area contributed by atoms with E-state index in [2.05, 4.69) is 98.5 Å². The fourth-order valence-electron chi connectivity index (χ4n) is 3.94. The van der Waals surface area contributed by atoms with Crippen molar-refractivity contribution in [2.75, 3.05) is 39.8 Å². The van der Waals surface area contributed by atoms with E-state index in [1.54, 1.807) is 7.11 Å². The summed E-state index contributed by atoms with van der Waals surface area (Å²) < 4.78 is 6.79. The van der Waals surface area contributed by atoms with Crippen LogP contribution in [-0.4, -0.2) is 49.6 Å². The Morgan fingerprint density at radius 2 is 1.55 bits per heavy atom. The van der Waals surface area contributed by atoms with Gasteiger partial charge in [-0.3, -0.25) is 9.80 Å². The first-order valence-corrected chi connectivity index (χ1v) is 10.9. The summed E-state index contributed by atoms with van der Waals surface area (Å²) in [5.41, 5.74) is 2.55. The fraction of sp³-hybridized carbons (Fsp3) is 0.280. The Balaban J connectivity index is 0.00000171. The van der Waals surface area contributed by atoms with Gasteiger partial charge in [-0.25, -0.2) is 0 Å². The molecular formula is C25H29BrCl2N2O. The number of hydrogen-bond acceptors (Lipinski definition) is 3. The maximum Gasteiger partial charge on any atom is 0.123 e. The van der Waals surface area contributed by atoms with Gasteiger partial charge in [0.15, 0.2) is 0 Å². The van der Waals surface area contributed by atoms with Crippen molar-refractivity contribution in [3.8, 4) is 5.75 Å². The number of methoxy groups -OCH3 is 1. The van der Waals surface area contributed by atoms with Crippen molar-refractivity contribution in [2.24, 2.45) is 0 Å². The maximum absolute atomic E-state index is 5.67. The molecule has 0 bridgehead atoms. The molecule has 1 aliphatic heterocycles. The maximum atomic E-state index is 5.67. The molecule has 1 fully saturated rings. The van der Waals surface area contributed by atoms with E-state index in [0.717, 1.165) is 49.5 Å². The number of piperazine rings is 1. The number of ether oxygens (including phenoxy) is 1. The molecule has 0 saturated carbocycles. The van der Waals surface area contributed by atoms with E-state index in [4.69, 9.17) is 4.74 Å². The highest BCUT2D eigenvalue weighted by molar-refractivity contribution is 9.10. The molecule has 0 unspecified atom stereocenters. The van der Waals surface area contributed by atoms with Crippen LogP contribution in [0.5, 0.6) is 5.75 Å². The van der Waals surface area contributed by atoms with E-state index in [1.807, 2.05) is 0 Å². The number of benzene rings is 3. The normalized spacial score (nSPS) is 14.9. The van der Waals surface area contributed by atoms with Gasteiger partial charge in [0.25, 0.3) is 0 Å². The fourth-order valence-corrected chi connectivity index (χ4v) is 4.20. The monoisotopic (exact) mass is 522 g/mol. The predicted octanol–water partition coefficient (Wildman–Crippen LogP) is 6.29. The number of nitrogens with zero attached hydrogens (tertiary/aromatic N) is 2. The Kier molecular flexibility index (Phi) is 10.3. The number of rotatable bonds is 6. The summed E-state index contributed by atoms with van der Waals surface area (Å²) >= 11 is 3.48. The van der Waals surface area contributed by atoms with Gasteiger partial charge in [0, 0.05) is 49.3 Å². The molecule has 166 valence electrons. The van der Waals surface area contributed by atoms with Crippen LogP contribution in [0.3, 0.4) is 0 Å². The van der Waals surface area contributed by atoms with Gasteiger partial charge in [-0.1, -0.05) is 70.5 Å². The summed E-state index contributed by atoms with van der Waals surface area (Å²) in [6.45, 7) is 6.29. The summed E-state index contributed by atoms with van der Waals surface area (Å²) in [6, 6.07) is 21.3. The summed E-state index contributed by atoms with van der Waals surface area (Å²) in [4.78, 5) is 5.06. The van der Waals surface area contributed by atoms with Crippen molar-refractivity contribution in [3.05, 3.63) is 82.3 Å². The quantitative estimate of drug-likeness (QED) is 0.378. The first-order chi connectivity index (χ1) is 14.2. The Morgan fingerprint density at radius 3 is 2.26 bits per heavy atom. The van der Waals surface area contributed by atoms with Crippen LogP contribution in [0.1, 0.15) is 11.1 Å². The van der Waals surface area contributed by atoms with Crippen LogP contribution < -0.4 is 4.74 Å². The molecule has 0 atom stereocenters. The lowest BCUT2D eigenvalue weighted by Crippen LogP contribution is -2.45. The number of halogens is 3. The van der Waals surface area contributed by atoms with E-state index < -0.39 is 0 Å². The smallest absolute Gasteiger partial charge is 0.123 e. The Bertz CT molecular complexity index is 986. The molecule has 1 saturated heterocycles. The van der Waals surface area contributed by atoms with Crippen molar-refractivity contribution in [2.45, 2.75) is 6.54 Å². The van der Waals surface area contributed by atoms with E-state index in [9.17, 15) is 0 Å². The first kappa shape index (κ1) is 25.7. The van der Waals surface area contributed by atoms with Crippen LogP contribution in [0.2, 0.25) is 0 Å². The van der Waals surface area contributed by atoms with Gasteiger partial charge in [-0.05, 0) is 34.5 Å². The van der Waals surface area contributed by atoms with E-state index in [0.29, 0.717) is 0 Å². The second-order valence-corrected chi connectivity index (χ2v) is 8.41. The minimum atomic E-state index is 0. The highest BCUT2D eigenvalue weighted by Gasteiger charge is 2.18. The summed E-state index contributed by atoms with van der Waals surface area (Å²) in [5, 5.41) is 2.58. The Hall–Kier alpha value is -1.56. The van der Waals surface area contributed by atoms with Crippen molar-refractivity contribution >= 4 is 57.6 Å². The molecule has 3 nitrogen and oxygen atoms in total. The van der Waals surface area contributed by atoms with Crippen molar-refractivity contribution in [3.63, 3.8) is 0 Å². The molecule has 4 rings (SSSR count). The predicted molar refractivity (Wildman–Crippen MR) is 140 cm³/mol. The highest BCUT2D eigenvalue weighted by atomic mass is 79.9. The van der Waals surface area contributed by atoms with Crippen LogP contribution in [-0.2, 0) is 6.54 Å². The van der Waals surface area contributed by atoms with Crippen LogP contribution >= 0.6 is 40.7 Å². The molecule has 31 heavy (non-hydrogen) atoms. The van der Waals surface area contributed by atoms with Crippen molar-refractivity contribution < 1.29 is 4.74 Å². The minimum absolute atomic E-state index is 0. The molecule has 3 aromatic rings. The van der Waals surface area contributed by atoms with Gasteiger partial charge >= 0.3 is 0 Å². The van der Waals surface area contributed by atoms with E-state index >= 15 is 0 Å². The lowest BCUT2D eigenvalue weighted by Gasteiger charge is -2.34. The highest BCUT2D eigenvalue weighted by Crippen LogP contribution is 2.29. The molecule has 3 aromatic carbocycles. The van der Waals surface area contributed by atoms with Crippen LogP contribution in [0, 0.1) is 0 Å². The zero-order chi connectivity index (χ0) is 20.1. The van der Waals surface area contributed by atoms with E-state index in [-0.39, 0.29) is 24.8 Å². The number of hydrogen-bond donors (Lipinski definition) is 0. The van der Waals surface area contributed by atoms with Gasteiger partial charge in [0.2, 0.25) is 0 Å². The topological polar surface area (TPSA) is 15.7 Å². The second-order valence-electron chi connectivity index (χ2n) is 7.50. The first-order valence-electron chi connectivity index (χ1n) is 10.1. The third kappa shape index (κ3) is 6.71. The van der Waals surface area contributed by atoms with Gasteiger partial charge in [-0.2, -0.15) is 0 Å². The molecule has 1 aliphatic rings. The standard InChI is InChI=1S/C25H27BrN2O.2ClH/c1-29-25-13-10-21-6-2-3-7-23(21)24(25)19-28-17-15-27(16-18-28)14-4-5-20-8-11-22(26)12-9-20;;/h2-13H,14-19H2,1H3;2*1H/b5-4+;;. The minimum Gasteiger partial charge on any atom is -0.496 e. The zero-order valence-corrected chi connectivity index (χ0v) is 20.9. The third-order valence-electron chi connectivity index (χ3n) is 5.61. The summed E-state index contributed by atoms with van der Waals surface area (Å²) in [5.74, 6) is 0.989. The lowest BCUT2D eigenvalue weighted by molar-refractivity contribution is 0.136. The average molecular weight is 524 g/mol. The lowest BCUT2D eigenvalue weighted by atomic mass is 10.0. The molecule has 0 aromatic heterocycles. The summed E-state index contributed by atoms with van der Waals surface area (Å²) in [7, 11) is 1.77. The molecule has 0 spiro atoms. The third-order valence-corrected chi connectivity index (χ3v) is 6.14. The van der Waals surface area contributed by atoms with Crippen molar-refractivity contribution in [1.29, 1.82) is 0 Å². The summed E-state index contributed by atoms with van der Waals surface area (Å²) in [6.07, 6.45) is 4.48. The van der Waals surface area contributed by atoms with E-state index in [1.165, 1.54) is 21.9 Å². The Morgan fingerprint density at radius 1 is 0.871 bits per heavy atom. The molecule has 1 heterocycles. The van der Waals surface area contributed by atoms with Crippen LogP contribution in [0.25, 0.3) is 16.8 Å². The van der Waals surface area contributed by atoms with Crippen molar-refractivity contribution in [1.82, 2.24) is 9.80 Å². The second kappa shape index (κ2) is 12.5. The largest absolute Gasteiger partial charge is 0.496 e. The van der Waals surface area contributed by atoms with Crippen LogP contribution in [0.4, 0.5) is 0 Å².